The molecule has 1 aliphatic rings. The van der Waals surface area contributed by atoms with Crippen LogP contribution in [0.4, 0.5) is 11.4 Å². The van der Waals surface area contributed by atoms with Gasteiger partial charge in [0.2, 0.25) is 5.91 Å². The van der Waals surface area contributed by atoms with Gasteiger partial charge in [-0.25, -0.2) is 0 Å². The molecule has 1 aliphatic heterocycles. The first-order valence-corrected chi connectivity index (χ1v) is 10.1. The molecular formula is C24H28N2O4. The number of anilines is 2. The highest BCUT2D eigenvalue weighted by atomic mass is 16.5. The number of hydrogen-bond donors (Lipinski definition) is 1. The minimum atomic E-state index is -0.955. The number of carbonyl (C=O) groups excluding carboxylic acids is 3. The number of aryl methyl sites for hydroxylation is 3. The van der Waals surface area contributed by atoms with Gasteiger partial charge < -0.3 is 15.0 Å². The Bertz CT molecular complexity index is 999. The predicted molar refractivity (Wildman–Crippen MR) is 116 cm³/mol. The fourth-order valence-electron chi connectivity index (χ4n) is 3.64. The zero-order chi connectivity index (χ0) is 22.0. The summed E-state index contributed by atoms with van der Waals surface area (Å²) in [6.07, 6.45) is -0.875. The fourth-order valence-corrected chi connectivity index (χ4v) is 3.64. The summed E-state index contributed by atoms with van der Waals surface area (Å²) in [6, 6.07) is 11.5. The number of nitrogens with one attached hydrogen (secondary N) is 1. The predicted octanol–water partition coefficient (Wildman–Crippen LogP) is 3.84. The van der Waals surface area contributed by atoms with E-state index in [4.69, 9.17) is 4.74 Å². The molecule has 0 aliphatic carbocycles. The Kier molecular flexibility index (Phi) is 6.25. The molecule has 30 heavy (non-hydrogen) atoms. The highest BCUT2D eigenvalue weighted by molar-refractivity contribution is 6.01. The van der Waals surface area contributed by atoms with Crippen molar-refractivity contribution in [3.05, 3.63) is 58.7 Å². The Labute approximate surface area is 177 Å². The molecule has 0 bridgehead atoms. The average molecular weight is 408 g/mol. The monoisotopic (exact) mass is 408 g/mol. The van der Waals surface area contributed by atoms with Crippen LogP contribution in [0, 0.1) is 33.6 Å². The van der Waals surface area contributed by atoms with Gasteiger partial charge >= 0.3 is 5.97 Å². The smallest absolute Gasteiger partial charge is 0.312 e. The lowest BCUT2D eigenvalue weighted by Gasteiger charge is -2.20. The van der Waals surface area contributed by atoms with Crippen molar-refractivity contribution < 1.29 is 19.1 Å². The first-order valence-electron chi connectivity index (χ1n) is 10.1. The third kappa shape index (κ3) is 4.53. The van der Waals surface area contributed by atoms with Crippen molar-refractivity contribution in [3.63, 3.8) is 0 Å². The third-order valence-electron chi connectivity index (χ3n) is 5.63. The fraction of sp³-hybridized carbons (Fsp3) is 0.375. The minimum Gasteiger partial charge on any atom is -0.452 e. The van der Waals surface area contributed by atoms with Gasteiger partial charge in [0.05, 0.1) is 5.92 Å². The van der Waals surface area contributed by atoms with Crippen LogP contribution in [0.25, 0.3) is 0 Å². The van der Waals surface area contributed by atoms with Crippen LogP contribution in [-0.4, -0.2) is 30.4 Å². The molecule has 1 heterocycles. The molecule has 2 amide bonds. The highest BCUT2D eigenvalue weighted by Gasteiger charge is 2.37. The van der Waals surface area contributed by atoms with Crippen molar-refractivity contribution >= 4 is 29.2 Å². The summed E-state index contributed by atoms with van der Waals surface area (Å²) >= 11 is 0. The van der Waals surface area contributed by atoms with Crippen LogP contribution in [0.1, 0.15) is 35.6 Å². The Hall–Kier alpha value is -3.15. The molecule has 1 saturated heterocycles. The van der Waals surface area contributed by atoms with Crippen LogP contribution in [0.2, 0.25) is 0 Å². The number of amides is 2. The molecule has 2 aromatic rings. The molecule has 0 radical (unpaired) electrons. The molecule has 0 saturated carbocycles. The molecular weight excluding hydrogens is 380 g/mol. The molecule has 6 heteroatoms. The van der Waals surface area contributed by atoms with Gasteiger partial charge in [0.1, 0.15) is 0 Å². The van der Waals surface area contributed by atoms with Gasteiger partial charge in [-0.15, -0.1) is 0 Å². The summed E-state index contributed by atoms with van der Waals surface area (Å²) in [4.78, 5) is 39.2. The van der Waals surface area contributed by atoms with Crippen molar-refractivity contribution in [2.75, 3.05) is 16.8 Å². The van der Waals surface area contributed by atoms with Gasteiger partial charge in [-0.05, 0) is 63.4 Å². The Morgan fingerprint density at radius 2 is 1.83 bits per heavy atom. The summed E-state index contributed by atoms with van der Waals surface area (Å²) in [7, 11) is 0. The Morgan fingerprint density at radius 1 is 1.10 bits per heavy atom. The summed E-state index contributed by atoms with van der Waals surface area (Å²) in [5.74, 6) is -1.63. The van der Waals surface area contributed by atoms with Crippen molar-refractivity contribution in [2.45, 2.75) is 47.1 Å². The molecule has 2 atom stereocenters. The molecule has 6 nitrogen and oxygen atoms in total. The third-order valence-corrected chi connectivity index (χ3v) is 5.63. The Morgan fingerprint density at radius 3 is 2.53 bits per heavy atom. The van der Waals surface area contributed by atoms with E-state index in [1.807, 2.05) is 64.1 Å². The normalized spacial score (nSPS) is 17.0. The molecule has 1 N–H and O–H groups in total. The van der Waals surface area contributed by atoms with Gasteiger partial charge in [0.15, 0.2) is 6.10 Å². The topological polar surface area (TPSA) is 75.7 Å². The van der Waals surface area contributed by atoms with Gasteiger partial charge in [-0.3, -0.25) is 14.4 Å². The molecule has 2 aromatic carbocycles. The van der Waals surface area contributed by atoms with Crippen molar-refractivity contribution in [3.8, 4) is 0 Å². The van der Waals surface area contributed by atoms with E-state index in [1.54, 1.807) is 4.90 Å². The van der Waals surface area contributed by atoms with E-state index in [2.05, 4.69) is 5.32 Å². The number of carbonyl (C=O) groups is 3. The number of benzene rings is 2. The van der Waals surface area contributed by atoms with E-state index >= 15 is 0 Å². The van der Waals surface area contributed by atoms with Crippen molar-refractivity contribution in [2.24, 2.45) is 5.92 Å². The molecule has 1 fully saturated rings. The second kappa shape index (κ2) is 8.69. The lowest BCUT2D eigenvalue weighted by atomic mass is 10.1. The van der Waals surface area contributed by atoms with Crippen LogP contribution >= 0.6 is 0 Å². The zero-order valence-electron chi connectivity index (χ0n) is 18.1. The van der Waals surface area contributed by atoms with Gasteiger partial charge in [-0.1, -0.05) is 29.8 Å². The second-order valence-corrected chi connectivity index (χ2v) is 8.01. The molecule has 158 valence electrons. The lowest BCUT2D eigenvalue weighted by Crippen LogP contribution is -2.33. The van der Waals surface area contributed by atoms with Crippen LogP contribution in [0.15, 0.2) is 36.4 Å². The van der Waals surface area contributed by atoms with E-state index in [0.29, 0.717) is 5.69 Å². The molecule has 3 rings (SSSR count). The average Bonchev–Trinajstić information content (AvgIpc) is 3.07. The summed E-state index contributed by atoms with van der Waals surface area (Å²) in [5.41, 5.74) is 5.64. The van der Waals surface area contributed by atoms with E-state index in [-0.39, 0.29) is 18.9 Å². The number of ether oxygens (including phenoxy) is 1. The number of esters is 1. The minimum absolute atomic E-state index is 0.0810. The summed E-state index contributed by atoms with van der Waals surface area (Å²) in [5, 5.41) is 2.80. The Balaban J connectivity index is 1.62. The zero-order valence-corrected chi connectivity index (χ0v) is 18.1. The molecule has 0 aromatic heterocycles. The summed E-state index contributed by atoms with van der Waals surface area (Å²) in [6.45, 7) is 9.63. The van der Waals surface area contributed by atoms with Crippen LogP contribution in [0.5, 0.6) is 0 Å². The van der Waals surface area contributed by atoms with E-state index in [0.717, 1.165) is 27.9 Å². The van der Waals surface area contributed by atoms with Gasteiger partial charge in [0.25, 0.3) is 5.91 Å². The molecule has 0 unspecified atom stereocenters. The SMILES string of the molecule is Cc1ccc(NC(=O)[C@H](C)OC(=O)[C@H]2CC(=O)N(c3cccc(C)c3C)C2)c(C)c1. The van der Waals surface area contributed by atoms with Crippen molar-refractivity contribution in [1.29, 1.82) is 0 Å². The maximum absolute atomic E-state index is 12.6. The second-order valence-electron chi connectivity index (χ2n) is 8.01. The van der Waals surface area contributed by atoms with Crippen LogP contribution in [0.3, 0.4) is 0 Å². The van der Waals surface area contributed by atoms with Crippen molar-refractivity contribution in [1.82, 2.24) is 0 Å². The number of nitrogens with zero attached hydrogens (tertiary/aromatic N) is 1. The largest absolute Gasteiger partial charge is 0.452 e. The lowest BCUT2D eigenvalue weighted by molar-refractivity contribution is -0.157. The first kappa shape index (κ1) is 21.6. The molecule has 0 spiro atoms. The first-order chi connectivity index (χ1) is 14.2. The van der Waals surface area contributed by atoms with Crippen LogP contribution < -0.4 is 10.2 Å². The summed E-state index contributed by atoms with van der Waals surface area (Å²) < 4.78 is 5.39. The number of hydrogen-bond acceptors (Lipinski definition) is 4. The van der Waals surface area contributed by atoms with E-state index < -0.39 is 23.9 Å². The standard InChI is InChI=1S/C24H28N2O4/c1-14-9-10-20(16(3)11-14)25-23(28)18(5)30-24(29)19-12-22(27)26(13-19)21-8-6-7-15(2)17(21)4/h6-11,18-19H,12-13H2,1-5H3,(H,25,28)/t18-,19-/m0/s1. The van der Waals surface area contributed by atoms with Gasteiger partial charge in [0, 0.05) is 24.3 Å². The van der Waals surface area contributed by atoms with Crippen LogP contribution in [-0.2, 0) is 19.1 Å². The highest BCUT2D eigenvalue weighted by Crippen LogP contribution is 2.30. The van der Waals surface area contributed by atoms with Gasteiger partial charge in [-0.2, -0.15) is 0 Å². The van der Waals surface area contributed by atoms with E-state index in [1.165, 1.54) is 6.92 Å². The quantitative estimate of drug-likeness (QED) is 0.763. The number of rotatable bonds is 5. The maximum atomic E-state index is 12.6. The maximum Gasteiger partial charge on any atom is 0.312 e. The van der Waals surface area contributed by atoms with E-state index in [9.17, 15) is 14.4 Å².